The second-order valence-electron chi connectivity index (χ2n) is 5.16. The van der Waals surface area contributed by atoms with Gasteiger partial charge in [0.15, 0.2) is 0 Å². The summed E-state index contributed by atoms with van der Waals surface area (Å²) in [7, 11) is 1.59. The summed E-state index contributed by atoms with van der Waals surface area (Å²) in [6, 6.07) is 16.8. The van der Waals surface area contributed by atoms with Crippen LogP contribution in [0.2, 0.25) is 0 Å². The van der Waals surface area contributed by atoms with Crippen molar-refractivity contribution in [3.05, 3.63) is 54.6 Å². The lowest BCUT2D eigenvalue weighted by molar-refractivity contribution is -0.115. The van der Waals surface area contributed by atoms with Crippen LogP contribution < -0.4 is 10.1 Å². The molecule has 25 heavy (non-hydrogen) atoms. The largest absolute Gasteiger partial charge is 0.494 e. The average Bonchev–Trinajstić information content (AvgIpc) is 3.10. The predicted molar refractivity (Wildman–Crippen MR) is 96.1 cm³/mol. The van der Waals surface area contributed by atoms with Crippen LogP contribution in [-0.4, -0.2) is 38.5 Å². The molecular weight excluding hydrogens is 338 g/mol. The molecule has 0 unspecified atom stereocenters. The average molecular weight is 355 g/mol. The standard InChI is InChI=1S/C17H17N5O2S/c1-12(16(23)18-13-8-4-3-5-9-13)25-17-19-20-21-22(17)14-10-6-7-11-15(14)24-2/h3-12H,1-2H3,(H,18,23)/t12-/m1/s1. The van der Waals surface area contributed by atoms with E-state index in [1.54, 1.807) is 11.8 Å². The van der Waals surface area contributed by atoms with Crippen LogP contribution in [0.5, 0.6) is 5.75 Å². The summed E-state index contributed by atoms with van der Waals surface area (Å²) in [5.74, 6) is 0.531. The number of nitrogens with one attached hydrogen (secondary N) is 1. The minimum absolute atomic E-state index is 0.120. The molecule has 0 aliphatic heterocycles. The van der Waals surface area contributed by atoms with Crippen LogP contribution >= 0.6 is 11.8 Å². The van der Waals surface area contributed by atoms with Gasteiger partial charge in [0.05, 0.1) is 12.4 Å². The molecule has 128 valence electrons. The SMILES string of the molecule is COc1ccccc1-n1nnnc1S[C@H](C)C(=O)Nc1ccccc1. The van der Waals surface area contributed by atoms with E-state index in [4.69, 9.17) is 4.74 Å². The molecule has 1 atom stereocenters. The first-order valence-electron chi connectivity index (χ1n) is 7.63. The molecule has 0 saturated carbocycles. The van der Waals surface area contributed by atoms with Gasteiger partial charge in [-0.25, -0.2) is 0 Å². The van der Waals surface area contributed by atoms with Crippen LogP contribution in [0, 0.1) is 0 Å². The minimum Gasteiger partial charge on any atom is -0.494 e. The van der Waals surface area contributed by atoms with Gasteiger partial charge in [-0.3, -0.25) is 4.79 Å². The highest BCUT2D eigenvalue weighted by atomic mass is 32.2. The summed E-state index contributed by atoms with van der Waals surface area (Å²) in [5, 5.41) is 14.8. The molecule has 0 spiro atoms. The molecule has 1 amide bonds. The van der Waals surface area contributed by atoms with E-state index in [-0.39, 0.29) is 11.2 Å². The Balaban J connectivity index is 1.76. The molecule has 8 heteroatoms. The molecule has 0 bridgehead atoms. The Hall–Kier alpha value is -2.87. The van der Waals surface area contributed by atoms with Crippen LogP contribution in [0.25, 0.3) is 5.69 Å². The predicted octanol–water partition coefficient (Wildman–Crippen LogP) is 2.79. The molecule has 0 aliphatic carbocycles. The highest BCUT2D eigenvalue weighted by Crippen LogP contribution is 2.28. The van der Waals surface area contributed by atoms with Gasteiger partial charge in [0.25, 0.3) is 0 Å². The lowest BCUT2D eigenvalue weighted by Crippen LogP contribution is -2.22. The number of hydrogen-bond donors (Lipinski definition) is 1. The first-order valence-corrected chi connectivity index (χ1v) is 8.51. The summed E-state index contributed by atoms with van der Waals surface area (Å²) in [4.78, 5) is 12.4. The number of nitrogens with zero attached hydrogens (tertiary/aromatic N) is 4. The summed E-state index contributed by atoms with van der Waals surface area (Å²) in [5.41, 5.74) is 1.47. The third-order valence-electron chi connectivity index (χ3n) is 3.45. The van der Waals surface area contributed by atoms with E-state index in [0.29, 0.717) is 16.6 Å². The third kappa shape index (κ3) is 3.97. The lowest BCUT2D eigenvalue weighted by Gasteiger charge is -2.12. The second kappa shape index (κ2) is 7.80. The smallest absolute Gasteiger partial charge is 0.237 e. The molecule has 0 aliphatic rings. The van der Waals surface area contributed by atoms with E-state index in [2.05, 4.69) is 20.8 Å². The molecule has 3 rings (SSSR count). The van der Waals surface area contributed by atoms with Crippen molar-refractivity contribution in [2.24, 2.45) is 0 Å². The molecule has 1 aromatic heterocycles. The zero-order chi connectivity index (χ0) is 17.6. The maximum absolute atomic E-state index is 12.4. The number of ether oxygens (including phenoxy) is 1. The third-order valence-corrected chi connectivity index (χ3v) is 4.48. The molecule has 1 N–H and O–H groups in total. The fourth-order valence-corrected chi connectivity index (χ4v) is 2.99. The number of tetrazole rings is 1. The number of rotatable bonds is 6. The lowest BCUT2D eigenvalue weighted by atomic mass is 10.3. The van der Waals surface area contributed by atoms with Crippen LogP contribution in [0.3, 0.4) is 0 Å². The van der Waals surface area contributed by atoms with Gasteiger partial charge < -0.3 is 10.1 Å². The Bertz CT molecular complexity index is 853. The van der Waals surface area contributed by atoms with Crippen molar-refractivity contribution in [3.8, 4) is 11.4 Å². The first-order chi connectivity index (χ1) is 12.2. The van der Waals surface area contributed by atoms with Crippen molar-refractivity contribution in [2.75, 3.05) is 12.4 Å². The van der Waals surface area contributed by atoms with E-state index in [9.17, 15) is 4.79 Å². The van der Waals surface area contributed by atoms with E-state index < -0.39 is 0 Å². The van der Waals surface area contributed by atoms with Crippen LogP contribution in [0.15, 0.2) is 59.8 Å². The maximum Gasteiger partial charge on any atom is 0.237 e. The van der Waals surface area contributed by atoms with Crippen molar-refractivity contribution < 1.29 is 9.53 Å². The number of thioether (sulfide) groups is 1. The summed E-state index contributed by atoms with van der Waals surface area (Å²) in [6.07, 6.45) is 0. The Labute approximate surface area is 149 Å². The number of para-hydroxylation sites is 3. The van der Waals surface area contributed by atoms with Crippen molar-refractivity contribution >= 4 is 23.4 Å². The number of benzene rings is 2. The molecule has 0 saturated heterocycles. The van der Waals surface area contributed by atoms with Gasteiger partial charge in [-0.1, -0.05) is 42.1 Å². The fourth-order valence-electron chi connectivity index (χ4n) is 2.19. The van der Waals surface area contributed by atoms with E-state index in [0.717, 1.165) is 5.69 Å². The second-order valence-corrected chi connectivity index (χ2v) is 6.47. The number of carbonyl (C=O) groups excluding carboxylic acids is 1. The molecule has 2 aromatic carbocycles. The molecule has 3 aromatic rings. The molecule has 1 heterocycles. The van der Waals surface area contributed by atoms with Gasteiger partial charge in [-0.05, 0) is 41.6 Å². The van der Waals surface area contributed by atoms with E-state index in [1.165, 1.54) is 11.8 Å². The Kier molecular flexibility index (Phi) is 5.30. The zero-order valence-electron chi connectivity index (χ0n) is 13.8. The summed E-state index contributed by atoms with van der Waals surface area (Å²) in [6.45, 7) is 1.81. The monoisotopic (exact) mass is 355 g/mol. The Morgan fingerprint density at radius 1 is 1.16 bits per heavy atom. The van der Waals surface area contributed by atoms with Gasteiger partial charge in [0.2, 0.25) is 11.1 Å². The molecule has 0 radical (unpaired) electrons. The number of hydrogen-bond acceptors (Lipinski definition) is 6. The number of aromatic nitrogens is 4. The van der Waals surface area contributed by atoms with Crippen LogP contribution in [0.1, 0.15) is 6.92 Å². The molecular formula is C17H17N5O2S. The Morgan fingerprint density at radius 2 is 1.88 bits per heavy atom. The number of anilines is 1. The fraction of sp³-hybridized carbons (Fsp3) is 0.176. The summed E-state index contributed by atoms with van der Waals surface area (Å²) < 4.78 is 6.92. The van der Waals surface area contributed by atoms with Gasteiger partial charge in [-0.2, -0.15) is 4.68 Å². The quantitative estimate of drug-likeness (QED) is 0.685. The number of methoxy groups -OCH3 is 1. The van der Waals surface area contributed by atoms with Crippen LogP contribution in [-0.2, 0) is 4.79 Å². The normalized spacial score (nSPS) is 11.8. The van der Waals surface area contributed by atoms with Gasteiger partial charge >= 0.3 is 0 Å². The van der Waals surface area contributed by atoms with Gasteiger partial charge in [0.1, 0.15) is 11.4 Å². The van der Waals surface area contributed by atoms with Gasteiger partial charge in [-0.15, -0.1) is 5.10 Å². The first kappa shape index (κ1) is 17.0. The van der Waals surface area contributed by atoms with Crippen LogP contribution in [0.4, 0.5) is 5.69 Å². The number of amides is 1. The summed E-state index contributed by atoms with van der Waals surface area (Å²) >= 11 is 1.28. The van der Waals surface area contributed by atoms with E-state index >= 15 is 0 Å². The van der Waals surface area contributed by atoms with Crippen molar-refractivity contribution in [3.63, 3.8) is 0 Å². The highest BCUT2D eigenvalue weighted by molar-refractivity contribution is 8.00. The highest BCUT2D eigenvalue weighted by Gasteiger charge is 2.20. The van der Waals surface area contributed by atoms with Crippen molar-refractivity contribution in [1.82, 2.24) is 20.2 Å². The topological polar surface area (TPSA) is 81.9 Å². The maximum atomic E-state index is 12.4. The van der Waals surface area contributed by atoms with Crippen molar-refractivity contribution in [2.45, 2.75) is 17.3 Å². The zero-order valence-corrected chi connectivity index (χ0v) is 14.6. The van der Waals surface area contributed by atoms with Gasteiger partial charge in [0, 0.05) is 5.69 Å². The molecule has 0 fully saturated rings. The number of carbonyl (C=O) groups is 1. The minimum atomic E-state index is -0.375. The van der Waals surface area contributed by atoms with Crippen molar-refractivity contribution in [1.29, 1.82) is 0 Å². The molecule has 7 nitrogen and oxygen atoms in total. The Morgan fingerprint density at radius 3 is 2.64 bits per heavy atom. The van der Waals surface area contributed by atoms with E-state index in [1.807, 2.05) is 61.5 Å².